The third kappa shape index (κ3) is 2.45. The van der Waals surface area contributed by atoms with Gasteiger partial charge in [0, 0.05) is 11.8 Å². The minimum absolute atomic E-state index is 0.115. The Hall–Kier alpha value is -1.40. The maximum atomic E-state index is 13.3. The third-order valence-corrected chi connectivity index (χ3v) is 3.82. The van der Waals surface area contributed by atoms with Gasteiger partial charge >= 0.3 is 12.1 Å². The van der Waals surface area contributed by atoms with Gasteiger partial charge in [0.1, 0.15) is 11.1 Å². The van der Waals surface area contributed by atoms with E-state index >= 15 is 0 Å². The molecule has 1 amide bonds. The molecule has 0 aromatic carbocycles. The van der Waals surface area contributed by atoms with E-state index in [-0.39, 0.29) is 12.8 Å². The van der Waals surface area contributed by atoms with Crippen LogP contribution in [0.2, 0.25) is 0 Å². The van der Waals surface area contributed by atoms with Gasteiger partial charge in [-0.05, 0) is 33.6 Å². The maximum Gasteiger partial charge on any atom is 0.408 e. The molecule has 0 heterocycles. The Morgan fingerprint density at radius 3 is 2.10 bits per heavy atom. The number of esters is 1. The van der Waals surface area contributed by atoms with E-state index in [0.29, 0.717) is 0 Å². The average molecular weight is 291 g/mol. The van der Waals surface area contributed by atoms with Crippen molar-refractivity contribution in [2.24, 2.45) is 11.8 Å². The van der Waals surface area contributed by atoms with Gasteiger partial charge < -0.3 is 14.8 Å². The fourth-order valence-corrected chi connectivity index (χ4v) is 2.87. The molecular formula is C13H19F2NO4. The van der Waals surface area contributed by atoms with Crippen LogP contribution in [0.15, 0.2) is 0 Å². The van der Waals surface area contributed by atoms with Crippen LogP contribution in [-0.2, 0) is 14.3 Å². The number of alkyl halides is 2. The highest BCUT2D eigenvalue weighted by Crippen LogP contribution is 2.66. The Morgan fingerprint density at radius 2 is 1.70 bits per heavy atom. The second kappa shape index (κ2) is 4.30. The molecule has 5 nitrogen and oxygen atoms in total. The lowest BCUT2D eigenvalue weighted by Crippen LogP contribution is -2.55. The minimum Gasteiger partial charge on any atom is -0.467 e. The highest BCUT2D eigenvalue weighted by molar-refractivity contribution is 5.86. The third-order valence-electron chi connectivity index (χ3n) is 3.82. The Morgan fingerprint density at radius 1 is 1.20 bits per heavy atom. The normalized spacial score (nSPS) is 34.1. The summed E-state index contributed by atoms with van der Waals surface area (Å²) in [5.41, 5.74) is -2.12. The fraction of sp³-hybridized carbons (Fsp3) is 0.846. The molecule has 0 spiro atoms. The first kappa shape index (κ1) is 15.0. The molecule has 114 valence electrons. The van der Waals surface area contributed by atoms with Crippen LogP contribution in [0.25, 0.3) is 0 Å². The predicted octanol–water partition coefficient (Wildman–Crippen LogP) is 2.10. The molecule has 2 rings (SSSR count). The van der Waals surface area contributed by atoms with Crippen LogP contribution in [-0.4, -0.2) is 36.2 Å². The number of hydrogen-bond donors (Lipinski definition) is 1. The average Bonchev–Trinajstić information content (AvgIpc) is 2.67. The molecule has 1 N–H and O–H groups in total. The van der Waals surface area contributed by atoms with Crippen LogP contribution < -0.4 is 5.32 Å². The summed E-state index contributed by atoms with van der Waals surface area (Å²) in [6.07, 6.45) is -1.03. The number of ether oxygens (including phenoxy) is 2. The quantitative estimate of drug-likeness (QED) is 0.791. The molecule has 0 bridgehead atoms. The molecule has 7 heteroatoms. The molecule has 20 heavy (non-hydrogen) atoms. The summed E-state index contributed by atoms with van der Waals surface area (Å²) < 4.78 is 36.3. The van der Waals surface area contributed by atoms with E-state index in [1.54, 1.807) is 20.8 Å². The number of methoxy groups -OCH3 is 1. The summed E-state index contributed by atoms with van der Waals surface area (Å²) in [4.78, 5) is 23.7. The topological polar surface area (TPSA) is 64.6 Å². The molecule has 2 aliphatic carbocycles. The number of nitrogens with one attached hydrogen (secondary N) is 1. The highest BCUT2D eigenvalue weighted by Gasteiger charge is 2.76. The van der Waals surface area contributed by atoms with Gasteiger partial charge in [-0.1, -0.05) is 0 Å². The molecule has 1 unspecified atom stereocenters. The van der Waals surface area contributed by atoms with Crippen LogP contribution in [0.3, 0.4) is 0 Å². The van der Waals surface area contributed by atoms with E-state index in [4.69, 9.17) is 4.74 Å². The number of carbonyl (C=O) groups excluding carboxylic acids is 2. The van der Waals surface area contributed by atoms with Gasteiger partial charge in [-0.3, -0.25) is 0 Å². The zero-order valence-corrected chi connectivity index (χ0v) is 12.0. The number of fused-ring (bicyclic) bond motifs is 1. The van der Waals surface area contributed by atoms with Crippen LogP contribution in [0.1, 0.15) is 33.6 Å². The molecule has 0 saturated heterocycles. The van der Waals surface area contributed by atoms with Crippen LogP contribution in [0.5, 0.6) is 0 Å². The van der Waals surface area contributed by atoms with Gasteiger partial charge in [0.05, 0.1) is 7.11 Å². The Kier molecular flexibility index (Phi) is 3.22. The van der Waals surface area contributed by atoms with E-state index in [0.717, 1.165) is 0 Å². The summed E-state index contributed by atoms with van der Waals surface area (Å²) in [6, 6.07) is 0. The molecule has 0 radical (unpaired) electrons. The van der Waals surface area contributed by atoms with E-state index in [9.17, 15) is 18.4 Å². The first-order valence-corrected chi connectivity index (χ1v) is 6.49. The molecule has 2 saturated carbocycles. The van der Waals surface area contributed by atoms with Crippen molar-refractivity contribution in [3.05, 3.63) is 0 Å². The van der Waals surface area contributed by atoms with Crippen molar-refractivity contribution in [1.82, 2.24) is 5.32 Å². The van der Waals surface area contributed by atoms with Crippen molar-refractivity contribution in [1.29, 1.82) is 0 Å². The molecule has 0 aromatic heterocycles. The van der Waals surface area contributed by atoms with Crippen molar-refractivity contribution in [2.75, 3.05) is 7.11 Å². The van der Waals surface area contributed by atoms with Gasteiger partial charge in [0.25, 0.3) is 5.92 Å². The number of carbonyl (C=O) groups is 2. The van der Waals surface area contributed by atoms with Crippen LogP contribution in [0, 0.1) is 11.8 Å². The molecule has 2 fully saturated rings. The molecule has 3 atom stereocenters. The monoisotopic (exact) mass is 291 g/mol. The number of amides is 1. The predicted molar refractivity (Wildman–Crippen MR) is 65.3 cm³/mol. The van der Waals surface area contributed by atoms with Crippen molar-refractivity contribution in [3.8, 4) is 0 Å². The number of alkyl carbamates (subject to hydrolysis) is 1. The zero-order valence-electron chi connectivity index (χ0n) is 12.0. The number of rotatable bonds is 2. The molecular weight excluding hydrogens is 272 g/mol. The van der Waals surface area contributed by atoms with Gasteiger partial charge in [-0.15, -0.1) is 0 Å². The minimum atomic E-state index is -2.73. The van der Waals surface area contributed by atoms with Crippen molar-refractivity contribution < 1.29 is 27.8 Å². The van der Waals surface area contributed by atoms with Crippen molar-refractivity contribution in [3.63, 3.8) is 0 Å². The highest BCUT2D eigenvalue weighted by atomic mass is 19.3. The lowest BCUT2D eigenvalue weighted by molar-refractivity contribution is -0.149. The molecule has 2 aliphatic rings. The fourth-order valence-electron chi connectivity index (χ4n) is 2.87. The SMILES string of the molecule is COC(=O)C1(NC(=O)OC(C)(C)C)C[C@@H]2[C@H](C1)C2(F)F. The molecule has 0 aliphatic heterocycles. The summed E-state index contributed by atoms with van der Waals surface area (Å²) in [7, 11) is 1.17. The Bertz CT molecular complexity index is 430. The second-order valence-electron chi connectivity index (χ2n) is 6.50. The van der Waals surface area contributed by atoms with Crippen molar-refractivity contribution >= 4 is 12.1 Å². The Labute approximate surface area is 116 Å². The summed E-state index contributed by atoms with van der Waals surface area (Å²) >= 11 is 0. The van der Waals surface area contributed by atoms with E-state index < -0.39 is 41.0 Å². The van der Waals surface area contributed by atoms with Crippen molar-refractivity contribution in [2.45, 2.75) is 50.7 Å². The van der Waals surface area contributed by atoms with E-state index in [2.05, 4.69) is 10.1 Å². The standard InChI is InChI=1S/C13H19F2NO4/c1-11(2,3)20-10(18)16-12(9(17)19-4)5-7-8(6-12)13(7,14)15/h7-8H,5-6H2,1-4H3,(H,16,18)/t7-,8+,12?. The van der Waals surface area contributed by atoms with Gasteiger partial charge in [0.2, 0.25) is 0 Å². The first-order valence-electron chi connectivity index (χ1n) is 6.49. The summed E-state index contributed by atoms with van der Waals surface area (Å²) in [5, 5.41) is 2.43. The summed E-state index contributed by atoms with van der Waals surface area (Å²) in [6.45, 7) is 5.03. The van der Waals surface area contributed by atoms with Crippen LogP contribution in [0.4, 0.5) is 13.6 Å². The molecule has 0 aromatic rings. The smallest absolute Gasteiger partial charge is 0.408 e. The van der Waals surface area contributed by atoms with E-state index in [1.807, 2.05) is 0 Å². The first-order chi connectivity index (χ1) is 9.02. The van der Waals surface area contributed by atoms with Gasteiger partial charge in [-0.2, -0.15) is 0 Å². The zero-order chi connectivity index (χ0) is 15.3. The number of halogens is 2. The second-order valence-corrected chi connectivity index (χ2v) is 6.50. The summed E-state index contributed by atoms with van der Waals surface area (Å²) in [5.74, 6) is -5.16. The van der Waals surface area contributed by atoms with E-state index in [1.165, 1.54) is 7.11 Å². The lowest BCUT2D eigenvalue weighted by atomic mass is 9.92. The largest absolute Gasteiger partial charge is 0.467 e. The maximum absolute atomic E-state index is 13.3. The Balaban J connectivity index is 2.08. The van der Waals surface area contributed by atoms with Gasteiger partial charge in [-0.25, -0.2) is 18.4 Å². The van der Waals surface area contributed by atoms with Crippen LogP contribution >= 0.6 is 0 Å². The number of hydrogen-bond acceptors (Lipinski definition) is 4. The van der Waals surface area contributed by atoms with Gasteiger partial charge in [0.15, 0.2) is 0 Å². The lowest BCUT2D eigenvalue weighted by Gasteiger charge is -2.31.